The van der Waals surface area contributed by atoms with E-state index >= 15 is 0 Å². The van der Waals surface area contributed by atoms with E-state index in [1.807, 2.05) is 14.1 Å². The number of amides is 1. The van der Waals surface area contributed by atoms with Gasteiger partial charge >= 0.3 is 6.09 Å². The molecule has 25 heavy (non-hydrogen) atoms. The summed E-state index contributed by atoms with van der Waals surface area (Å²) in [7, 11) is 3.67. The van der Waals surface area contributed by atoms with Crippen LogP contribution in [0.25, 0.3) is 11.4 Å². The van der Waals surface area contributed by atoms with Gasteiger partial charge in [-0.15, -0.1) is 0 Å². The maximum atomic E-state index is 10.4. The normalized spacial score (nSPS) is 10.8. The Bertz CT molecular complexity index is 806. The Morgan fingerprint density at radius 1 is 1.56 bits per heavy atom. The van der Waals surface area contributed by atoms with E-state index in [-0.39, 0.29) is 13.2 Å². The molecule has 9 heteroatoms. The van der Waals surface area contributed by atoms with Crippen molar-refractivity contribution in [2.45, 2.75) is 0 Å². The van der Waals surface area contributed by atoms with Crippen LogP contribution in [-0.2, 0) is 0 Å². The van der Waals surface area contributed by atoms with Crippen LogP contribution in [0.4, 0.5) is 4.79 Å². The van der Waals surface area contributed by atoms with E-state index in [1.54, 1.807) is 46.5 Å². The first kappa shape index (κ1) is 17.8. The maximum absolute atomic E-state index is 10.4. The molecule has 0 saturated heterocycles. The zero-order valence-electron chi connectivity index (χ0n) is 13.9. The average Bonchev–Trinajstić information content (AvgIpc) is 3.06. The third kappa shape index (κ3) is 5.24. The predicted octanol–water partition coefficient (Wildman–Crippen LogP) is 1.34. The highest BCUT2D eigenvalue weighted by Crippen LogP contribution is 2.17. The summed E-state index contributed by atoms with van der Waals surface area (Å²) in [5, 5.41) is 24.2. The Hall–Kier alpha value is -3.54. The lowest BCUT2D eigenvalue weighted by atomic mass is 10.2. The Balaban J connectivity index is 2.11. The molecule has 2 rings (SSSR count). The Morgan fingerprint density at radius 2 is 2.36 bits per heavy atom. The highest BCUT2D eigenvalue weighted by molar-refractivity contribution is 5.75. The summed E-state index contributed by atoms with van der Waals surface area (Å²) in [5.41, 5.74) is 1.17. The molecular formula is C16H18N6O3. The van der Waals surface area contributed by atoms with Gasteiger partial charge in [0.05, 0.1) is 18.3 Å². The van der Waals surface area contributed by atoms with E-state index in [9.17, 15) is 10.1 Å². The monoisotopic (exact) mass is 342 g/mol. The molecule has 0 aliphatic rings. The van der Waals surface area contributed by atoms with Gasteiger partial charge < -0.3 is 20.1 Å². The molecule has 0 aliphatic heterocycles. The number of carboxylic acid groups (broad SMARTS) is 1. The number of nitriles is 1. The summed E-state index contributed by atoms with van der Waals surface area (Å²) >= 11 is 0. The largest absolute Gasteiger partial charge is 0.492 e. The molecule has 0 unspecified atom stereocenters. The second kappa shape index (κ2) is 8.35. The van der Waals surface area contributed by atoms with E-state index in [1.165, 1.54) is 0 Å². The first-order chi connectivity index (χ1) is 12.0. The number of allylic oxidation sites excluding steroid dienone is 1. The molecule has 0 aromatic carbocycles. The SMILES string of the molecule is CN(C)C=C(C#N)c1cnn(-c2cc(OCCNC(=O)O)ccn2)c1. The van der Waals surface area contributed by atoms with Crippen molar-refractivity contribution in [3.63, 3.8) is 0 Å². The van der Waals surface area contributed by atoms with Crippen LogP contribution < -0.4 is 10.1 Å². The van der Waals surface area contributed by atoms with Crippen molar-refractivity contribution in [1.82, 2.24) is 25.0 Å². The van der Waals surface area contributed by atoms with Crippen LogP contribution in [-0.4, -0.2) is 58.1 Å². The summed E-state index contributed by atoms with van der Waals surface area (Å²) in [6.45, 7) is 0.379. The molecule has 1 amide bonds. The van der Waals surface area contributed by atoms with Gasteiger partial charge in [0, 0.05) is 44.3 Å². The molecule has 2 aromatic rings. The molecule has 9 nitrogen and oxygen atoms in total. The summed E-state index contributed by atoms with van der Waals surface area (Å²) in [5.74, 6) is 1.07. The van der Waals surface area contributed by atoms with Crippen LogP contribution in [0.15, 0.2) is 36.9 Å². The van der Waals surface area contributed by atoms with E-state index < -0.39 is 6.09 Å². The molecule has 0 atom stereocenters. The fraction of sp³-hybridized carbons (Fsp3) is 0.250. The summed E-state index contributed by atoms with van der Waals surface area (Å²) < 4.78 is 7.01. The van der Waals surface area contributed by atoms with Crippen molar-refractivity contribution in [2.75, 3.05) is 27.2 Å². The van der Waals surface area contributed by atoms with Gasteiger partial charge in [-0.3, -0.25) is 0 Å². The van der Waals surface area contributed by atoms with Gasteiger partial charge in [-0.25, -0.2) is 14.5 Å². The van der Waals surface area contributed by atoms with Crippen molar-refractivity contribution in [3.8, 4) is 17.6 Å². The molecule has 130 valence electrons. The Morgan fingerprint density at radius 3 is 3.04 bits per heavy atom. The van der Waals surface area contributed by atoms with Gasteiger partial charge in [0.25, 0.3) is 0 Å². The van der Waals surface area contributed by atoms with Gasteiger partial charge in [-0.2, -0.15) is 10.4 Å². The first-order valence-electron chi connectivity index (χ1n) is 7.39. The fourth-order valence-electron chi connectivity index (χ4n) is 1.95. The van der Waals surface area contributed by atoms with Gasteiger partial charge in [0.2, 0.25) is 0 Å². The molecule has 0 spiro atoms. The minimum atomic E-state index is -1.10. The topological polar surface area (TPSA) is 116 Å². The van der Waals surface area contributed by atoms with Crippen molar-refractivity contribution in [2.24, 2.45) is 0 Å². The number of aromatic nitrogens is 3. The minimum Gasteiger partial charge on any atom is -0.492 e. The number of hydrogen-bond acceptors (Lipinski definition) is 6. The highest BCUT2D eigenvalue weighted by Gasteiger charge is 2.08. The van der Waals surface area contributed by atoms with Crippen molar-refractivity contribution < 1.29 is 14.6 Å². The van der Waals surface area contributed by atoms with Crippen LogP contribution in [0, 0.1) is 11.3 Å². The molecule has 2 N–H and O–H groups in total. The number of ether oxygens (including phenoxy) is 1. The first-order valence-corrected chi connectivity index (χ1v) is 7.39. The molecule has 2 aromatic heterocycles. The zero-order valence-corrected chi connectivity index (χ0v) is 13.9. The van der Waals surface area contributed by atoms with Crippen LogP contribution in [0.2, 0.25) is 0 Å². The quantitative estimate of drug-likeness (QED) is 0.576. The average molecular weight is 342 g/mol. The third-order valence-electron chi connectivity index (χ3n) is 3.00. The van der Waals surface area contributed by atoms with Crippen molar-refractivity contribution >= 4 is 11.7 Å². The molecule has 2 heterocycles. The number of nitrogens with one attached hydrogen (secondary N) is 1. The van der Waals surface area contributed by atoms with Crippen LogP contribution in [0.3, 0.4) is 0 Å². The standard InChI is InChI=1S/C16H18N6O3/c1-21(2)10-12(8-17)13-9-20-22(11-13)15-7-14(3-4-18-15)25-6-5-19-16(23)24/h3-4,7,9-11,19H,5-6H2,1-2H3,(H,23,24). The Labute approximate surface area is 144 Å². The molecule has 0 aliphatic carbocycles. The van der Waals surface area contributed by atoms with Gasteiger partial charge in [0.1, 0.15) is 18.4 Å². The van der Waals surface area contributed by atoms with Crippen molar-refractivity contribution in [3.05, 3.63) is 42.5 Å². The van der Waals surface area contributed by atoms with E-state index in [2.05, 4.69) is 21.5 Å². The van der Waals surface area contributed by atoms with Crippen LogP contribution in [0.1, 0.15) is 5.56 Å². The molecule has 0 radical (unpaired) electrons. The van der Waals surface area contributed by atoms with Gasteiger partial charge in [-0.1, -0.05) is 0 Å². The molecule has 0 saturated carbocycles. The molecule has 0 bridgehead atoms. The fourth-order valence-corrected chi connectivity index (χ4v) is 1.95. The molecule has 0 fully saturated rings. The Kier molecular flexibility index (Phi) is 5.95. The molecular weight excluding hydrogens is 324 g/mol. The summed E-state index contributed by atoms with van der Waals surface area (Å²) in [6.07, 6.45) is 5.48. The maximum Gasteiger partial charge on any atom is 0.404 e. The lowest BCUT2D eigenvalue weighted by Crippen LogP contribution is -2.26. The smallest absolute Gasteiger partial charge is 0.404 e. The summed E-state index contributed by atoms with van der Waals surface area (Å²) in [6, 6.07) is 5.48. The third-order valence-corrected chi connectivity index (χ3v) is 3.00. The number of pyridine rings is 1. The minimum absolute atomic E-state index is 0.180. The summed E-state index contributed by atoms with van der Waals surface area (Å²) in [4.78, 5) is 16.4. The lowest BCUT2D eigenvalue weighted by Gasteiger charge is -2.07. The number of carbonyl (C=O) groups is 1. The second-order valence-corrected chi connectivity index (χ2v) is 5.22. The number of nitrogens with zero attached hydrogens (tertiary/aromatic N) is 5. The predicted molar refractivity (Wildman–Crippen MR) is 90.2 cm³/mol. The van der Waals surface area contributed by atoms with Gasteiger partial charge in [-0.05, 0) is 6.07 Å². The number of hydrogen-bond donors (Lipinski definition) is 2. The van der Waals surface area contributed by atoms with Gasteiger partial charge in [0.15, 0.2) is 5.82 Å². The van der Waals surface area contributed by atoms with E-state index in [4.69, 9.17) is 9.84 Å². The van der Waals surface area contributed by atoms with Crippen LogP contribution >= 0.6 is 0 Å². The lowest BCUT2D eigenvalue weighted by molar-refractivity contribution is 0.191. The van der Waals surface area contributed by atoms with Crippen molar-refractivity contribution in [1.29, 1.82) is 5.26 Å². The second-order valence-electron chi connectivity index (χ2n) is 5.22. The van der Waals surface area contributed by atoms with Crippen LogP contribution in [0.5, 0.6) is 5.75 Å². The van der Waals surface area contributed by atoms with E-state index in [0.29, 0.717) is 22.7 Å². The number of rotatable bonds is 7. The van der Waals surface area contributed by atoms with E-state index in [0.717, 1.165) is 0 Å². The highest BCUT2D eigenvalue weighted by atomic mass is 16.5. The zero-order chi connectivity index (χ0) is 18.2.